The van der Waals surface area contributed by atoms with Crippen molar-refractivity contribution in [3.63, 3.8) is 0 Å². The maximum absolute atomic E-state index is 13.7. The predicted octanol–water partition coefficient (Wildman–Crippen LogP) is 3.55. The number of nitrogens with zero attached hydrogens (tertiary/aromatic N) is 2. The van der Waals surface area contributed by atoms with Crippen LogP contribution in [0.4, 0.5) is 20.2 Å². The summed E-state index contributed by atoms with van der Waals surface area (Å²) in [6.07, 6.45) is -0.0381. The predicted molar refractivity (Wildman–Crippen MR) is 97.3 cm³/mol. The van der Waals surface area contributed by atoms with E-state index in [-0.39, 0.29) is 23.2 Å². The molecular weight excluding hydrogens is 360 g/mol. The summed E-state index contributed by atoms with van der Waals surface area (Å²) < 4.78 is 27.0. The van der Waals surface area contributed by atoms with Crippen LogP contribution in [-0.4, -0.2) is 34.2 Å². The second kappa shape index (κ2) is 7.65. The van der Waals surface area contributed by atoms with E-state index in [1.807, 2.05) is 0 Å². The Morgan fingerprint density at radius 3 is 2.73 bits per heavy atom. The number of thioether (sulfide) groups is 1. The molecule has 0 bridgehead atoms. The molecule has 2 aromatic carbocycles. The van der Waals surface area contributed by atoms with Gasteiger partial charge in [-0.05, 0) is 30.3 Å². The number of anilines is 1. The van der Waals surface area contributed by atoms with Gasteiger partial charge < -0.3 is 5.32 Å². The molecule has 1 aliphatic rings. The van der Waals surface area contributed by atoms with Gasteiger partial charge in [-0.2, -0.15) is 0 Å². The number of amidine groups is 1. The topological polar surface area (TPSA) is 61.8 Å². The van der Waals surface area contributed by atoms with Crippen LogP contribution in [0.15, 0.2) is 53.5 Å². The summed E-state index contributed by atoms with van der Waals surface area (Å²) in [5.74, 6) is -1.80. The number of carbonyl (C=O) groups is 2. The first kappa shape index (κ1) is 18.1. The van der Waals surface area contributed by atoms with Crippen molar-refractivity contribution in [1.82, 2.24) is 4.90 Å². The number of benzene rings is 2. The Balaban J connectivity index is 1.80. The second-order valence-electron chi connectivity index (χ2n) is 5.61. The van der Waals surface area contributed by atoms with Crippen LogP contribution >= 0.6 is 11.8 Å². The number of hydrogen-bond donors (Lipinski definition) is 1. The normalized spacial score (nSPS) is 18.9. The fourth-order valence-electron chi connectivity index (χ4n) is 2.33. The highest BCUT2D eigenvalue weighted by molar-refractivity contribution is 8.15. The molecule has 0 aliphatic carbocycles. The van der Waals surface area contributed by atoms with E-state index >= 15 is 0 Å². The second-order valence-corrected chi connectivity index (χ2v) is 6.78. The van der Waals surface area contributed by atoms with Crippen LogP contribution < -0.4 is 5.32 Å². The van der Waals surface area contributed by atoms with Crippen molar-refractivity contribution in [2.24, 2.45) is 4.99 Å². The Labute approximate surface area is 153 Å². The molecule has 1 fully saturated rings. The van der Waals surface area contributed by atoms with E-state index in [0.29, 0.717) is 5.69 Å². The Hall–Kier alpha value is -2.74. The van der Waals surface area contributed by atoms with Crippen LogP contribution in [0.25, 0.3) is 0 Å². The molecule has 2 aromatic rings. The summed E-state index contributed by atoms with van der Waals surface area (Å²) in [6.45, 7) is 0. The zero-order chi connectivity index (χ0) is 18.7. The summed E-state index contributed by atoms with van der Waals surface area (Å²) in [7, 11) is 1.54. The van der Waals surface area contributed by atoms with Gasteiger partial charge >= 0.3 is 0 Å². The smallest absolute Gasteiger partial charge is 0.238 e. The lowest BCUT2D eigenvalue weighted by Gasteiger charge is -2.28. The van der Waals surface area contributed by atoms with Gasteiger partial charge in [0, 0.05) is 13.5 Å². The third-order valence-corrected chi connectivity index (χ3v) is 4.97. The van der Waals surface area contributed by atoms with E-state index in [9.17, 15) is 18.4 Å². The Bertz CT molecular complexity index is 888. The number of para-hydroxylation sites is 1. The van der Waals surface area contributed by atoms with Gasteiger partial charge in [0.2, 0.25) is 11.8 Å². The third-order valence-electron chi connectivity index (χ3n) is 3.73. The van der Waals surface area contributed by atoms with E-state index in [1.54, 1.807) is 19.2 Å². The van der Waals surface area contributed by atoms with E-state index in [1.165, 1.54) is 41.3 Å². The average molecular weight is 375 g/mol. The molecule has 1 N–H and O–H groups in total. The standard InChI is InChI=1S/C18H15F2N3O2S/c1-23-16(24)10-15(17(25)22-14-8-3-2-7-13(14)20)26-18(23)21-12-6-4-5-11(19)9-12/h2-9,15H,10H2,1H3,(H,22,25). The molecule has 5 nitrogen and oxygen atoms in total. The molecule has 1 atom stereocenters. The van der Waals surface area contributed by atoms with Crippen LogP contribution in [0.3, 0.4) is 0 Å². The Kier molecular flexibility index (Phi) is 5.32. The van der Waals surface area contributed by atoms with Gasteiger partial charge in [-0.3, -0.25) is 14.5 Å². The summed E-state index contributed by atoms with van der Waals surface area (Å²) >= 11 is 1.08. The highest BCUT2D eigenvalue weighted by Crippen LogP contribution is 2.29. The quantitative estimate of drug-likeness (QED) is 0.892. The summed E-state index contributed by atoms with van der Waals surface area (Å²) in [4.78, 5) is 30.2. The maximum Gasteiger partial charge on any atom is 0.238 e. The van der Waals surface area contributed by atoms with Gasteiger partial charge in [-0.1, -0.05) is 30.0 Å². The molecule has 1 saturated heterocycles. The molecule has 0 aromatic heterocycles. The van der Waals surface area contributed by atoms with E-state index in [2.05, 4.69) is 10.3 Å². The van der Waals surface area contributed by atoms with Crippen LogP contribution in [0.2, 0.25) is 0 Å². The number of aliphatic imine (C=N–C) groups is 1. The van der Waals surface area contributed by atoms with Crippen molar-refractivity contribution in [2.45, 2.75) is 11.7 Å². The number of nitrogens with one attached hydrogen (secondary N) is 1. The first-order chi connectivity index (χ1) is 12.4. The SMILES string of the molecule is CN1C(=O)CC(C(=O)Nc2ccccc2F)SC1=Nc1cccc(F)c1. The number of hydrogen-bond acceptors (Lipinski definition) is 4. The van der Waals surface area contributed by atoms with Crippen molar-refractivity contribution in [3.8, 4) is 0 Å². The van der Waals surface area contributed by atoms with Crippen molar-refractivity contribution < 1.29 is 18.4 Å². The minimum atomic E-state index is -0.759. The first-order valence-corrected chi connectivity index (χ1v) is 8.65. The lowest BCUT2D eigenvalue weighted by molar-refractivity contribution is -0.128. The highest BCUT2D eigenvalue weighted by atomic mass is 32.2. The van der Waals surface area contributed by atoms with Gasteiger partial charge in [-0.25, -0.2) is 13.8 Å². The summed E-state index contributed by atoms with van der Waals surface area (Å²) in [5.41, 5.74) is 0.385. The minimum Gasteiger partial charge on any atom is -0.323 e. The number of carbonyl (C=O) groups excluding carboxylic acids is 2. The van der Waals surface area contributed by atoms with Gasteiger partial charge in [0.25, 0.3) is 0 Å². The molecule has 0 radical (unpaired) electrons. The molecule has 3 rings (SSSR count). The van der Waals surface area contributed by atoms with Crippen LogP contribution in [0, 0.1) is 11.6 Å². The number of amides is 2. The van der Waals surface area contributed by atoms with E-state index in [4.69, 9.17) is 0 Å². The fraction of sp³-hybridized carbons (Fsp3) is 0.167. The van der Waals surface area contributed by atoms with Crippen LogP contribution in [0.1, 0.15) is 6.42 Å². The zero-order valence-corrected chi connectivity index (χ0v) is 14.6. The summed E-state index contributed by atoms with van der Waals surface area (Å²) in [6, 6.07) is 11.4. The molecule has 1 unspecified atom stereocenters. The monoisotopic (exact) mass is 375 g/mol. The van der Waals surface area contributed by atoms with E-state index < -0.39 is 22.8 Å². The third kappa shape index (κ3) is 4.08. The average Bonchev–Trinajstić information content (AvgIpc) is 2.60. The maximum atomic E-state index is 13.7. The highest BCUT2D eigenvalue weighted by Gasteiger charge is 2.34. The molecule has 1 aliphatic heterocycles. The molecule has 1 heterocycles. The lowest BCUT2D eigenvalue weighted by atomic mass is 10.2. The van der Waals surface area contributed by atoms with E-state index in [0.717, 1.165) is 11.8 Å². The van der Waals surface area contributed by atoms with Crippen LogP contribution in [-0.2, 0) is 9.59 Å². The van der Waals surface area contributed by atoms with Gasteiger partial charge in [0.1, 0.15) is 16.9 Å². The Morgan fingerprint density at radius 2 is 2.00 bits per heavy atom. The zero-order valence-electron chi connectivity index (χ0n) is 13.8. The minimum absolute atomic E-state index is 0.0381. The van der Waals surface area contributed by atoms with Gasteiger partial charge in [-0.15, -0.1) is 0 Å². The molecule has 2 amide bonds. The van der Waals surface area contributed by atoms with Crippen molar-refractivity contribution in [2.75, 3.05) is 12.4 Å². The fourth-order valence-corrected chi connectivity index (χ4v) is 3.39. The van der Waals surface area contributed by atoms with Gasteiger partial charge in [0.15, 0.2) is 5.17 Å². The molecule has 0 spiro atoms. The van der Waals surface area contributed by atoms with Crippen molar-refractivity contribution in [1.29, 1.82) is 0 Å². The van der Waals surface area contributed by atoms with Gasteiger partial charge in [0.05, 0.1) is 11.4 Å². The number of halogens is 2. The lowest BCUT2D eigenvalue weighted by Crippen LogP contribution is -2.43. The largest absolute Gasteiger partial charge is 0.323 e. The molecule has 134 valence electrons. The van der Waals surface area contributed by atoms with Crippen molar-refractivity contribution in [3.05, 3.63) is 60.2 Å². The van der Waals surface area contributed by atoms with Crippen LogP contribution in [0.5, 0.6) is 0 Å². The Morgan fingerprint density at radius 1 is 1.23 bits per heavy atom. The number of rotatable bonds is 3. The molecular formula is C18H15F2N3O2S. The summed E-state index contributed by atoms with van der Waals surface area (Å²) in [5, 5.41) is 2.01. The molecule has 26 heavy (non-hydrogen) atoms. The molecule has 8 heteroatoms. The first-order valence-electron chi connectivity index (χ1n) is 7.77. The molecule has 0 saturated carbocycles. The van der Waals surface area contributed by atoms with Crippen molar-refractivity contribution >= 4 is 40.1 Å².